The van der Waals surface area contributed by atoms with Crippen molar-refractivity contribution in [2.75, 3.05) is 47.5 Å². The average Bonchev–Trinajstić information content (AvgIpc) is 3.31. The van der Waals surface area contributed by atoms with E-state index in [9.17, 15) is 19.5 Å². The number of allylic oxidation sites excluding steroid dienone is 2. The van der Waals surface area contributed by atoms with Crippen LogP contribution < -0.4 is 0 Å². The first kappa shape index (κ1) is 67.0. The molecule has 69 heavy (non-hydrogen) atoms. The van der Waals surface area contributed by atoms with E-state index in [0.717, 1.165) is 38.5 Å². The second-order valence-electron chi connectivity index (χ2n) is 21.7. The SMILES string of the molecule is CCCCCCCCCC/C=C\CCCCCCCCCCCCCCCCCCCCCCCC(=O)OC(COC(=O)CCCCCCCCCCCCC)COC(OCC[N+](C)(C)C)C(=O)O. The van der Waals surface area contributed by atoms with Crippen molar-refractivity contribution in [3.8, 4) is 0 Å². The smallest absolute Gasteiger partial charge is 0.361 e. The largest absolute Gasteiger partial charge is 0.477 e. The Bertz CT molecular complexity index is 1140. The number of carboxylic acids is 1. The van der Waals surface area contributed by atoms with Gasteiger partial charge in [-0.2, -0.15) is 0 Å². The highest BCUT2D eigenvalue weighted by atomic mass is 16.7. The molecule has 2 atom stereocenters. The van der Waals surface area contributed by atoms with Crippen molar-refractivity contribution in [2.24, 2.45) is 0 Å². The van der Waals surface area contributed by atoms with E-state index in [1.807, 2.05) is 21.1 Å². The van der Waals surface area contributed by atoms with E-state index in [2.05, 4.69) is 26.0 Å². The van der Waals surface area contributed by atoms with Gasteiger partial charge in [-0.25, -0.2) is 4.79 Å². The lowest BCUT2D eigenvalue weighted by Gasteiger charge is -2.25. The number of nitrogens with zero attached hydrogens (tertiary/aromatic N) is 1. The van der Waals surface area contributed by atoms with Gasteiger partial charge in [0.15, 0.2) is 6.10 Å². The van der Waals surface area contributed by atoms with Crippen LogP contribution in [0.25, 0.3) is 0 Å². The molecule has 0 saturated carbocycles. The van der Waals surface area contributed by atoms with Gasteiger partial charge in [0, 0.05) is 12.8 Å². The molecule has 408 valence electrons. The van der Waals surface area contributed by atoms with Crippen LogP contribution >= 0.6 is 0 Å². The van der Waals surface area contributed by atoms with Crippen LogP contribution in [0, 0.1) is 0 Å². The number of aliphatic carboxylic acids is 1. The van der Waals surface area contributed by atoms with E-state index in [-0.39, 0.29) is 38.2 Å². The summed E-state index contributed by atoms with van der Waals surface area (Å²) in [5, 5.41) is 9.67. The normalized spacial score (nSPS) is 12.8. The molecule has 9 nitrogen and oxygen atoms in total. The number of carbonyl (C=O) groups is 3. The molecular weight excluding hydrogens is 863 g/mol. The molecular formula is C60H116NO8+. The van der Waals surface area contributed by atoms with Gasteiger partial charge in [-0.05, 0) is 38.5 Å². The van der Waals surface area contributed by atoms with Crippen LogP contribution in [0.4, 0.5) is 0 Å². The Balaban J connectivity index is 3.98. The zero-order chi connectivity index (χ0) is 50.6. The molecule has 0 saturated heterocycles. The highest BCUT2D eigenvalue weighted by molar-refractivity contribution is 5.71. The second-order valence-corrected chi connectivity index (χ2v) is 21.7. The molecule has 0 radical (unpaired) electrons. The van der Waals surface area contributed by atoms with Crippen molar-refractivity contribution in [3.05, 3.63) is 12.2 Å². The van der Waals surface area contributed by atoms with E-state index in [1.165, 1.54) is 231 Å². The molecule has 0 heterocycles. The lowest BCUT2D eigenvalue weighted by molar-refractivity contribution is -0.870. The summed E-state index contributed by atoms with van der Waals surface area (Å²) in [5.74, 6) is -1.98. The number of ether oxygens (including phenoxy) is 4. The average molecular weight is 980 g/mol. The van der Waals surface area contributed by atoms with Gasteiger partial charge < -0.3 is 28.5 Å². The van der Waals surface area contributed by atoms with E-state index in [0.29, 0.717) is 17.4 Å². The number of likely N-dealkylation sites (N-methyl/N-ethyl adjacent to an activating group) is 1. The Morgan fingerprint density at radius 1 is 0.420 bits per heavy atom. The van der Waals surface area contributed by atoms with E-state index in [4.69, 9.17) is 18.9 Å². The molecule has 0 aromatic rings. The van der Waals surface area contributed by atoms with Crippen molar-refractivity contribution in [3.63, 3.8) is 0 Å². The Kier molecular flexibility index (Phi) is 50.9. The number of rotatable bonds is 56. The Morgan fingerprint density at radius 2 is 0.739 bits per heavy atom. The number of unbranched alkanes of at least 4 members (excludes halogenated alkanes) is 39. The molecule has 0 bridgehead atoms. The minimum atomic E-state index is -1.50. The topological polar surface area (TPSA) is 108 Å². The molecule has 2 unspecified atom stereocenters. The van der Waals surface area contributed by atoms with Crippen LogP contribution in [0.1, 0.15) is 296 Å². The number of quaternary nitrogens is 1. The number of esters is 2. The van der Waals surface area contributed by atoms with Gasteiger partial charge in [0.25, 0.3) is 6.29 Å². The third-order valence-electron chi connectivity index (χ3n) is 13.5. The summed E-state index contributed by atoms with van der Waals surface area (Å²) in [5.41, 5.74) is 0. The quantitative estimate of drug-likeness (QED) is 0.0211. The highest BCUT2D eigenvalue weighted by Crippen LogP contribution is 2.18. The van der Waals surface area contributed by atoms with Crippen LogP contribution in [-0.2, 0) is 33.3 Å². The summed E-state index contributed by atoms with van der Waals surface area (Å²) < 4.78 is 22.8. The van der Waals surface area contributed by atoms with E-state index >= 15 is 0 Å². The predicted octanol–water partition coefficient (Wildman–Crippen LogP) is 17.4. The maximum Gasteiger partial charge on any atom is 0.361 e. The first-order chi connectivity index (χ1) is 33.6. The van der Waals surface area contributed by atoms with Crippen molar-refractivity contribution < 1.29 is 42.9 Å². The summed E-state index contributed by atoms with van der Waals surface area (Å²) in [6.07, 6.45) is 57.5. The van der Waals surface area contributed by atoms with Crippen LogP contribution in [0.2, 0.25) is 0 Å². The highest BCUT2D eigenvalue weighted by Gasteiger charge is 2.25. The minimum Gasteiger partial charge on any atom is -0.477 e. The van der Waals surface area contributed by atoms with Crippen LogP contribution in [0.15, 0.2) is 12.2 Å². The summed E-state index contributed by atoms with van der Waals surface area (Å²) in [7, 11) is 5.97. The fourth-order valence-electron chi connectivity index (χ4n) is 8.89. The van der Waals surface area contributed by atoms with Gasteiger partial charge in [0.05, 0.1) is 34.4 Å². The first-order valence-corrected chi connectivity index (χ1v) is 29.9. The second kappa shape index (κ2) is 52.4. The third-order valence-corrected chi connectivity index (χ3v) is 13.5. The summed E-state index contributed by atoms with van der Waals surface area (Å²) in [4.78, 5) is 37.3. The monoisotopic (exact) mass is 979 g/mol. The molecule has 0 aromatic carbocycles. The molecule has 0 spiro atoms. The minimum absolute atomic E-state index is 0.174. The number of hydrogen-bond donors (Lipinski definition) is 1. The van der Waals surface area contributed by atoms with Crippen LogP contribution in [0.3, 0.4) is 0 Å². The van der Waals surface area contributed by atoms with Gasteiger partial charge in [-0.3, -0.25) is 9.59 Å². The van der Waals surface area contributed by atoms with Gasteiger partial charge in [0.1, 0.15) is 13.2 Å². The third kappa shape index (κ3) is 53.7. The standard InChI is InChI=1S/C60H115NO8/c1-6-8-10-12-14-16-18-19-20-21-22-23-24-25-26-27-28-29-30-31-32-33-34-35-36-37-38-39-41-43-45-47-49-51-58(63)69-56(55-68-60(59(64)65)66-53-52-61(3,4)5)54-67-57(62)50-48-46-44-42-40-17-15-13-11-9-7-2/h21-22,56,60H,6-20,23-55H2,1-5H3/p+1/b22-21-. The molecule has 0 fully saturated rings. The van der Waals surface area contributed by atoms with Crippen LogP contribution in [-0.4, -0.2) is 87.4 Å². The molecule has 0 aromatic heterocycles. The Morgan fingerprint density at radius 3 is 1.07 bits per heavy atom. The lowest BCUT2D eigenvalue weighted by atomic mass is 10.0. The van der Waals surface area contributed by atoms with E-state index in [1.54, 1.807) is 0 Å². The Hall–Kier alpha value is -1.97. The summed E-state index contributed by atoms with van der Waals surface area (Å²) in [6, 6.07) is 0. The van der Waals surface area contributed by atoms with Crippen molar-refractivity contribution in [1.29, 1.82) is 0 Å². The molecule has 0 aliphatic rings. The molecule has 0 aliphatic carbocycles. The summed E-state index contributed by atoms with van der Waals surface area (Å²) in [6.45, 7) is 4.91. The molecule has 0 aliphatic heterocycles. The van der Waals surface area contributed by atoms with Gasteiger partial charge in [-0.15, -0.1) is 0 Å². The molecule has 9 heteroatoms. The van der Waals surface area contributed by atoms with Gasteiger partial charge in [0.2, 0.25) is 0 Å². The van der Waals surface area contributed by atoms with Crippen molar-refractivity contribution >= 4 is 17.9 Å². The fraction of sp³-hybridized carbons (Fsp3) is 0.917. The zero-order valence-corrected chi connectivity index (χ0v) is 46.5. The molecule has 0 amide bonds. The lowest BCUT2D eigenvalue weighted by Crippen LogP contribution is -2.40. The molecule has 0 rings (SSSR count). The van der Waals surface area contributed by atoms with Gasteiger partial charge >= 0.3 is 17.9 Å². The number of hydrogen-bond acceptors (Lipinski definition) is 7. The van der Waals surface area contributed by atoms with Crippen molar-refractivity contribution in [1.82, 2.24) is 0 Å². The molecule has 1 N–H and O–H groups in total. The van der Waals surface area contributed by atoms with Crippen LogP contribution in [0.5, 0.6) is 0 Å². The van der Waals surface area contributed by atoms with Gasteiger partial charge in [-0.1, -0.05) is 257 Å². The Labute approximate surface area is 427 Å². The zero-order valence-electron chi connectivity index (χ0n) is 46.5. The van der Waals surface area contributed by atoms with E-state index < -0.39 is 18.4 Å². The maximum absolute atomic E-state index is 12.8. The fourth-order valence-corrected chi connectivity index (χ4v) is 8.89. The van der Waals surface area contributed by atoms with Crippen molar-refractivity contribution in [2.45, 2.75) is 309 Å². The first-order valence-electron chi connectivity index (χ1n) is 29.9. The summed E-state index contributed by atoms with van der Waals surface area (Å²) >= 11 is 0. The number of carboxylic acid groups (broad SMARTS) is 1. The predicted molar refractivity (Wildman–Crippen MR) is 291 cm³/mol. The maximum atomic E-state index is 12.8. The number of carbonyl (C=O) groups excluding carboxylic acids is 2.